The number of halogens is 1. The van der Waals surface area contributed by atoms with E-state index in [-0.39, 0.29) is 35.6 Å². The van der Waals surface area contributed by atoms with Crippen molar-refractivity contribution >= 4 is 24.2 Å². The van der Waals surface area contributed by atoms with Crippen LogP contribution in [-0.2, 0) is 4.79 Å². The smallest absolute Gasteiger partial charge is 0.253 e. The molecular weight excluding hydrogens is 350 g/mol. The van der Waals surface area contributed by atoms with E-state index in [1.165, 1.54) is 0 Å². The molecule has 0 aliphatic carbocycles. The van der Waals surface area contributed by atoms with Crippen LogP contribution in [0.5, 0.6) is 0 Å². The molecule has 6 heteroatoms. The molecule has 2 fully saturated rings. The zero-order valence-electron chi connectivity index (χ0n) is 15.5. The molecule has 0 spiro atoms. The molecule has 0 unspecified atom stereocenters. The van der Waals surface area contributed by atoms with E-state index < -0.39 is 0 Å². The molecule has 26 heavy (non-hydrogen) atoms. The van der Waals surface area contributed by atoms with E-state index in [1.54, 1.807) is 0 Å². The minimum atomic E-state index is 0. The standard InChI is InChI=1S/C20H29N3O2.ClH/c1-20(9-11-21-12-10-20)15-22-18(24)16-7-13-23(14-8-16)19(25)17-5-3-2-4-6-17;/h2-6,16,21H,7-15H2,1H3,(H,22,24);1H. The molecule has 2 aliphatic heterocycles. The lowest BCUT2D eigenvalue weighted by Gasteiger charge is -2.35. The SMILES string of the molecule is CC1(CNC(=O)C2CCN(C(=O)c3ccccc3)CC2)CCNCC1.Cl. The summed E-state index contributed by atoms with van der Waals surface area (Å²) < 4.78 is 0. The Labute approximate surface area is 162 Å². The molecule has 0 bridgehead atoms. The lowest BCUT2D eigenvalue weighted by atomic mass is 9.81. The van der Waals surface area contributed by atoms with Crippen molar-refractivity contribution < 1.29 is 9.59 Å². The fraction of sp³-hybridized carbons (Fsp3) is 0.600. The number of benzene rings is 1. The molecule has 2 heterocycles. The van der Waals surface area contributed by atoms with Gasteiger partial charge in [-0.15, -0.1) is 12.4 Å². The second kappa shape index (κ2) is 9.38. The predicted molar refractivity (Wildman–Crippen MR) is 106 cm³/mol. The number of hydrogen-bond donors (Lipinski definition) is 2. The van der Waals surface area contributed by atoms with Crippen molar-refractivity contribution in [3.05, 3.63) is 35.9 Å². The fourth-order valence-electron chi connectivity index (χ4n) is 3.76. The largest absolute Gasteiger partial charge is 0.355 e. The van der Waals surface area contributed by atoms with Crippen LogP contribution in [0.15, 0.2) is 30.3 Å². The molecule has 0 radical (unpaired) electrons. The zero-order valence-corrected chi connectivity index (χ0v) is 16.3. The van der Waals surface area contributed by atoms with Crippen molar-refractivity contribution in [3.63, 3.8) is 0 Å². The fourth-order valence-corrected chi connectivity index (χ4v) is 3.76. The Balaban J connectivity index is 0.00000243. The summed E-state index contributed by atoms with van der Waals surface area (Å²) >= 11 is 0. The Morgan fingerprint density at radius 1 is 1.15 bits per heavy atom. The number of rotatable bonds is 4. The molecule has 2 N–H and O–H groups in total. The van der Waals surface area contributed by atoms with Gasteiger partial charge in [0.1, 0.15) is 0 Å². The Morgan fingerprint density at radius 3 is 2.38 bits per heavy atom. The zero-order chi connectivity index (χ0) is 17.7. The van der Waals surface area contributed by atoms with Gasteiger partial charge in [0.2, 0.25) is 5.91 Å². The van der Waals surface area contributed by atoms with E-state index in [4.69, 9.17) is 0 Å². The quantitative estimate of drug-likeness (QED) is 0.844. The Hall–Kier alpha value is -1.59. The summed E-state index contributed by atoms with van der Waals surface area (Å²) in [5.41, 5.74) is 0.939. The van der Waals surface area contributed by atoms with Crippen LogP contribution in [0.25, 0.3) is 0 Å². The van der Waals surface area contributed by atoms with Crippen molar-refractivity contribution in [1.82, 2.24) is 15.5 Å². The molecule has 5 nitrogen and oxygen atoms in total. The molecule has 0 saturated carbocycles. The lowest BCUT2D eigenvalue weighted by molar-refractivity contribution is -0.126. The number of likely N-dealkylation sites (tertiary alicyclic amines) is 1. The molecule has 3 rings (SSSR count). The molecule has 1 aromatic rings. The monoisotopic (exact) mass is 379 g/mol. The van der Waals surface area contributed by atoms with Crippen LogP contribution < -0.4 is 10.6 Å². The van der Waals surface area contributed by atoms with Gasteiger partial charge >= 0.3 is 0 Å². The molecule has 2 aliphatic rings. The maximum Gasteiger partial charge on any atom is 0.253 e. The van der Waals surface area contributed by atoms with Gasteiger partial charge in [0, 0.05) is 31.1 Å². The third-order valence-electron chi connectivity index (χ3n) is 5.67. The van der Waals surface area contributed by atoms with Crippen molar-refractivity contribution in [3.8, 4) is 0 Å². The topological polar surface area (TPSA) is 61.4 Å². The lowest BCUT2D eigenvalue weighted by Crippen LogP contribution is -2.47. The normalized spacial score (nSPS) is 20.1. The van der Waals surface area contributed by atoms with E-state index in [9.17, 15) is 9.59 Å². The van der Waals surface area contributed by atoms with Crippen LogP contribution in [0.3, 0.4) is 0 Å². The van der Waals surface area contributed by atoms with Crippen LogP contribution in [0, 0.1) is 11.3 Å². The number of nitrogens with one attached hydrogen (secondary N) is 2. The second-order valence-corrected chi connectivity index (χ2v) is 7.71. The summed E-state index contributed by atoms with van der Waals surface area (Å²) in [5.74, 6) is 0.262. The number of hydrogen-bond acceptors (Lipinski definition) is 3. The van der Waals surface area contributed by atoms with E-state index in [0.717, 1.165) is 50.9 Å². The number of carbonyl (C=O) groups is 2. The number of amides is 2. The van der Waals surface area contributed by atoms with Crippen LogP contribution in [0.4, 0.5) is 0 Å². The predicted octanol–water partition coefficient (Wildman–Crippen LogP) is 2.47. The summed E-state index contributed by atoms with van der Waals surface area (Å²) in [7, 11) is 0. The first-order valence-corrected chi connectivity index (χ1v) is 9.40. The van der Waals surface area contributed by atoms with Gasteiger partial charge < -0.3 is 15.5 Å². The highest BCUT2D eigenvalue weighted by molar-refractivity contribution is 5.94. The van der Waals surface area contributed by atoms with E-state index in [1.807, 2.05) is 35.2 Å². The Kier molecular flexibility index (Phi) is 7.47. The van der Waals surface area contributed by atoms with Crippen LogP contribution >= 0.6 is 12.4 Å². The van der Waals surface area contributed by atoms with Gasteiger partial charge in [0.15, 0.2) is 0 Å². The second-order valence-electron chi connectivity index (χ2n) is 7.71. The third-order valence-corrected chi connectivity index (χ3v) is 5.67. The van der Waals surface area contributed by atoms with Gasteiger partial charge in [-0.25, -0.2) is 0 Å². The van der Waals surface area contributed by atoms with Crippen LogP contribution in [-0.4, -0.2) is 49.4 Å². The van der Waals surface area contributed by atoms with Crippen molar-refractivity contribution in [2.45, 2.75) is 32.6 Å². The molecule has 0 aromatic heterocycles. The van der Waals surface area contributed by atoms with E-state index in [0.29, 0.717) is 13.1 Å². The summed E-state index contributed by atoms with van der Waals surface area (Å²) in [6.45, 7) is 6.41. The first kappa shape index (κ1) is 20.7. The van der Waals surface area contributed by atoms with Gasteiger partial charge in [-0.05, 0) is 56.3 Å². The highest BCUT2D eigenvalue weighted by Crippen LogP contribution is 2.27. The number of nitrogens with zero attached hydrogens (tertiary/aromatic N) is 1. The Morgan fingerprint density at radius 2 is 1.77 bits per heavy atom. The third kappa shape index (κ3) is 5.21. The molecule has 2 amide bonds. The molecule has 2 saturated heterocycles. The summed E-state index contributed by atoms with van der Waals surface area (Å²) in [6.07, 6.45) is 3.72. The minimum absolute atomic E-state index is 0. The highest BCUT2D eigenvalue weighted by atomic mass is 35.5. The van der Waals surface area contributed by atoms with Gasteiger partial charge in [-0.3, -0.25) is 9.59 Å². The van der Waals surface area contributed by atoms with Crippen LogP contribution in [0.1, 0.15) is 43.0 Å². The molecule has 144 valence electrons. The molecular formula is C20H30ClN3O2. The van der Waals surface area contributed by atoms with Gasteiger partial charge in [-0.1, -0.05) is 25.1 Å². The summed E-state index contributed by atoms with van der Waals surface area (Å²) in [4.78, 5) is 26.8. The van der Waals surface area contributed by atoms with Crippen molar-refractivity contribution in [2.75, 3.05) is 32.7 Å². The van der Waals surface area contributed by atoms with Gasteiger partial charge in [0.25, 0.3) is 5.91 Å². The van der Waals surface area contributed by atoms with Gasteiger partial charge in [-0.2, -0.15) is 0 Å². The van der Waals surface area contributed by atoms with E-state index >= 15 is 0 Å². The number of carbonyl (C=O) groups excluding carboxylic acids is 2. The maximum atomic E-state index is 12.5. The van der Waals surface area contributed by atoms with E-state index in [2.05, 4.69) is 17.6 Å². The van der Waals surface area contributed by atoms with Crippen LogP contribution in [0.2, 0.25) is 0 Å². The van der Waals surface area contributed by atoms with Gasteiger partial charge in [0.05, 0.1) is 0 Å². The number of piperidine rings is 2. The molecule has 1 aromatic carbocycles. The summed E-state index contributed by atoms with van der Waals surface area (Å²) in [6, 6.07) is 9.38. The Bertz CT molecular complexity index is 594. The van der Waals surface area contributed by atoms with Crippen molar-refractivity contribution in [1.29, 1.82) is 0 Å². The molecule has 0 atom stereocenters. The minimum Gasteiger partial charge on any atom is -0.355 e. The average molecular weight is 380 g/mol. The average Bonchev–Trinajstić information content (AvgIpc) is 2.67. The first-order valence-electron chi connectivity index (χ1n) is 9.40. The summed E-state index contributed by atoms with van der Waals surface area (Å²) in [5, 5.41) is 6.54. The first-order chi connectivity index (χ1) is 12.1. The maximum absolute atomic E-state index is 12.5. The highest BCUT2D eigenvalue weighted by Gasteiger charge is 2.31. The van der Waals surface area contributed by atoms with Crippen molar-refractivity contribution in [2.24, 2.45) is 11.3 Å².